The van der Waals surface area contributed by atoms with E-state index in [9.17, 15) is 63.0 Å². The van der Waals surface area contributed by atoms with Crippen molar-refractivity contribution in [3.05, 3.63) is 131 Å². The van der Waals surface area contributed by atoms with Crippen LogP contribution in [0.1, 0.15) is 89.4 Å². The Hall–Kier alpha value is -10.9. The van der Waals surface area contributed by atoms with Gasteiger partial charge in [0.2, 0.25) is 11.8 Å². The number of ether oxygens (including phenoxy) is 4. The van der Waals surface area contributed by atoms with E-state index < -0.39 is 89.8 Å². The lowest BCUT2D eigenvalue weighted by atomic mass is 9.92. The number of unbranched alkanes of at least 4 members (excludes halogenated alkanes) is 1. The molecule has 31 heteroatoms. The number of alkyl halides is 1. The van der Waals surface area contributed by atoms with E-state index in [1.165, 1.54) is 47.3 Å². The number of aromatic amines is 1. The quantitative estimate of drug-likeness (QED) is 0.0128. The minimum atomic E-state index is -1.17. The third kappa shape index (κ3) is 19.4. The number of imide groups is 1. The number of nitrogens with two attached hydrogens (primary N) is 2. The van der Waals surface area contributed by atoms with Gasteiger partial charge in [0.15, 0.2) is 0 Å². The second-order valence-corrected chi connectivity index (χ2v) is 23.9. The molecule has 0 spiro atoms. The van der Waals surface area contributed by atoms with Gasteiger partial charge in [-0.1, -0.05) is 44.2 Å². The number of likely N-dealkylation sites (N-methyl/N-ethyl adjacent to an activating group) is 1. The van der Waals surface area contributed by atoms with E-state index in [1.807, 2.05) is 19.1 Å². The third-order valence-corrected chi connectivity index (χ3v) is 16.6. The highest BCUT2D eigenvalue weighted by atomic mass is 35.5. The molecule has 0 bridgehead atoms. The minimum Gasteiger partial charge on any atom is -0.508 e. The Kier molecular flexibility index (Phi) is 25.5. The van der Waals surface area contributed by atoms with Gasteiger partial charge < -0.3 is 86.9 Å². The second kappa shape index (κ2) is 34.2. The van der Waals surface area contributed by atoms with Crippen LogP contribution >= 0.6 is 11.6 Å². The summed E-state index contributed by atoms with van der Waals surface area (Å²) in [4.78, 5) is 155. The van der Waals surface area contributed by atoms with Gasteiger partial charge in [-0.15, -0.1) is 11.6 Å². The fourth-order valence-corrected chi connectivity index (χ4v) is 11.1. The number of hydrogen-bond acceptors (Lipinski definition) is 18. The van der Waals surface area contributed by atoms with E-state index in [0.717, 1.165) is 33.6 Å². The number of H-pyrrole nitrogens is 1. The molecule has 0 saturated carbocycles. The molecule has 2 aliphatic rings. The maximum Gasteiger partial charge on any atom is 0.415 e. The summed E-state index contributed by atoms with van der Waals surface area (Å²) in [7, 11) is 1.47. The number of carbonyl (C=O) groups excluding carboxylic acids is 10. The van der Waals surface area contributed by atoms with Crippen molar-refractivity contribution in [1.82, 2.24) is 40.6 Å². The number of carbonyl (C=O) groups is 11. The van der Waals surface area contributed by atoms with E-state index in [0.29, 0.717) is 51.6 Å². The Bertz CT molecular complexity index is 3960. The van der Waals surface area contributed by atoms with Gasteiger partial charge in [-0.3, -0.25) is 38.5 Å². The third-order valence-electron chi connectivity index (χ3n) is 16.2. The summed E-state index contributed by atoms with van der Waals surface area (Å²) in [6.45, 7) is 4.95. The molecule has 4 aromatic carbocycles. The van der Waals surface area contributed by atoms with Crippen LogP contribution in [0, 0.1) is 12.8 Å². The summed E-state index contributed by atoms with van der Waals surface area (Å²) in [5.41, 5.74) is 14.9. The van der Waals surface area contributed by atoms with Crippen LogP contribution in [0.25, 0.3) is 21.7 Å². The molecule has 0 aliphatic carbocycles. The van der Waals surface area contributed by atoms with Gasteiger partial charge >= 0.3 is 30.3 Å². The molecule has 4 heterocycles. The normalized spacial score (nSPS) is 14.1. The number of rotatable bonds is 32. The topological polar surface area (TPSA) is 419 Å². The predicted octanol–water partition coefficient (Wildman–Crippen LogP) is 6.18. The van der Waals surface area contributed by atoms with E-state index in [-0.39, 0.29) is 120 Å². The van der Waals surface area contributed by atoms with Crippen molar-refractivity contribution < 1.29 is 81.9 Å². The number of anilines is 3. The first-order valence-corrected chi connectivity index (χ1v) is 32.1. The first-order chi connectivity index (χ1) is 46.9. The average Bonchev–Trinajstić information content (AvgIpc) is 1.53. The minimum absolute atomic E-state index is 0.00253. The zero-order chi connectivity index (χ0) is 70.7. The number of nitrogens with zero attached hydrogens (tertiary/aromatic N) is 5. The van der Waals surface area contributed by atoms with Crippen molar-refractivity contribution in [2.24, 2.45) is 17.4 Å². The number of carboxylic acids is 1. The van der Waals surface area contributed by atoms with E-state index in [4.69, 9.17) is 42.0 Å². The molecule has 0 saturated heterocycles. The van der Waals surface area contributed by atoms with Crippen LogP contribution in [-0.4, -0.2) is 191 Å². The number of phenols is 1. The van der Waals surface area contributed by atoms with Crippen molar-refractivity contribution in [3.63, 3.8) is 0 Å². The summed E-state index contributed by atoms with van der Waals surface area (Å²) in [6, 6.07) is 18.2. The number of amides is 11. The van der Waals surface area contributed by atoms with Crippen LogP contribution in [0.2, 0.25) is 0 Å². The van der Waals surface area contributed by atoms with Crippen LogP contribution in [0.5, 0.6) is 11.5 Å². The highest BCUT2D eigenvalue weighted by molar-refractivity contribution is 6.20. The van der Waals surface area contributed by atoms with Crippen molar-refractivity contribution in [1.29, 1.82) is 0 Å². The van der Waals surface area contributed by atoms with E-state index in [1.54, 1.807) is 67.3 Å². The van der Waals surface area contributed by atoms with Crippen LogP contribution in [0.3, 0.4) is 0 Å². The average molecular weight is 1370 g/mol. The second-order valence-electron chi connectivity index (χ2n) is 23.6. The highest BCUT2D eigenvalue weighted by Gasteiger charge is 2.37. The van der Waals surface area contributed by atoms with Crippen molar-refractivity contribution in [3.8, 4) is 11.5 Å². The van der Waals surface area contributed by atoms with Crippen LogP contribution in [-0.2, 0) is 44.8 Å². The fraction of sp³-hybridized carbons (Fsp3) is 0.373. The van der Waals surface area contributed by atoms with Crippen molar-refractivity contribution in [2.75, 3.05) is 87.6 Å². The standard InChI is InChI=1S/C67H78ClN13O17/c1-38(2)58(77-65(92)96-30-29-95-28-27-80-54(83)21-22-55(80)84)61(87)75-48(12-8-23-71-64(70)91)60(86)73-44-17-13-40(14-18-44)37-97-66(93)78(4)25-26-79(24-6-5-11-47(69)63(89)90)67(94)98-52-33-51-57(56-39(3)9-7-10-46(52)56)43(34-68)36-81(51)62(88)49-31-42-32-53(72-35-50(42)74-49)76-59(85)41-15-19-45(82)20-16-41/h7,9-10,13-22,31-33,35,38,43,47-48,58,74,82H,5-6,8,11-12,23-30,34,36-37,69H2,1-4H3,(H,73,86)(H,75,87)(H,77,92)(H,89,90)(H3,70,71,91)(H,72,76,85)/t43-,47+,48+,58+/m1/s1. The first kappa shape index (κ1) is 73.0. The van der Waals surface area contributed by atoms with Crippen molar-refractivity contribution in [2.45, 2.75) is 83.5 Å². The van der Waals surface area contributed by atoms with Gasteiger partial charge in [0, 0.05) is 91.8 Å². The Morgan fingerprint density at radius 3 is 2.26 bits per heavy atom. The molecule has 4 atom stereocenters. The number of urea groups is 1. The molecule has 12 N–H and O–H groups in total. The number of aryl methyl sites for hydroxylation is 1. The fourth-order valence-electron chi connectivity index (χ4n) is 10.9. The van der Waals surface area contributed by atoms with E-state index in [2.05, 4.69) is 36.6 Å². The number of phenolic OH excluding ortho intramolecular Hbond substituents is 1. The smallest absolute Gasteiger partial charge is 0.415 e. The van der Waals surface area contributed by atoms with Crippen molar-refractivity contribution >= 4 is 116 Å². The maximum atomic E-state index is 14.7. The molecule has 0 unspecified atom stereocenters. The number of aromatic hydroxyl groups is 1. The Morgan fingerprint density at radius 1 is 0.827 bits per heavy atom. The van der Waals surface area contributed by atoms with Crippen LogP contribution < -0.4 is 47.7 Å². The van der Waals surface area contributed by atoms with Gasteiger partial charge in [0.1, 0.15) is 54.4 Å². The zero-order valence-electron chi connectivity index (χ0n) is 54.3. The van der Waals surface area contributed by atoms with Gasteiger partial charge in [-0.05, 0) is 116 Å². The number of pyridine rings is 1. The van der Waals surface area contributed by atoms with E-state index >= 15 is 0 Å². The number of carboxylic acid groups (broad SMARTS) is 1. The zero-order valence-corrected chi connectivity index (χ0v) is 55.1. The van der Waals surface area contributed by atoms with Gasteiger partial charge in [-0.2, -0.15) is 0 Å². The lowest BCUT2D eigenvalue weighted by molar-refractivity contribution is -0.139. The van der Waals surface area contributed by atoms with Gasteiger partial charge in [0.25, 0.3) is 23.6 Å². The summed E-state index contributed by atoms with van der Waals surface area (Å²) in [5, 5.41) is 34.1. The number of benzene rings is 4. The Balaban J connectivity index is 0.886. The highest BCUT2D eigenvalue weighted by Crippen LogP contribution is 2.47. The lowest BCUT2D eigenvalue weighted by Gasteiger charge is -2.26. The molecule has 8 rings (SSSR count). The number of fused-ring (bicyclic) bond motifs is 4. The summed E-state index contributed by atoms with van der Waals surface area (Å²) in [6.07, 6.45) is 2.29. The summed E-state index contributed by atoms with van der Waals surface area (Å²) < 4.78 is 22.5. The number of nitrogens with one attached hydrogen (secondary N) is 6. The molecule has 0 fully saturated rings. The number of primary amides is 1. The maximum absolute atomic E-state index is 14.7. The molecular weight excluding hydrogens is 1290 g/mol. The largest absolute Gasteiger partial charge is 0.508 e. The SMILES string of the molecule is Cc1cccc2c(OC(=O)N(CCCC[C@H](N)C(=O)O)CCN(C)C(=O)OCc3ccc(NC(=O)[C@H](CCCNC(N)=O)NC(=O)[C@@H](NC(=O)OCCOCCN4C(=O)C=CC4=O)C(C)C)cc3)cc3c(c12)[C@H](CCl)CN3C(=O)c1cc2cc(NC(=O)c3ccc(O)cc3)ncc2[nH]1. The molecule has 520 valence electrons. The Labute approximate surface area is 567 Å². The number of halogens is 1. The molecule has 98 heavy (non-hydrogen) atoms. The predicted molar refractivity (Wildman–Crippen MR) is 359 cm³/mol. The molecule has 2 aromatic heterocycles. The number of aliphatic carboxylic acids is 1. The van der Waals surface area contributed by atoms with Gasteiger partial charge in [0.05, 0.1) is 37.2 Å². The first-order valence-electron chi connectivity index (χ1n) is 31.5. The van der Waals surface area contributed by atoms with Crippen LogP contribution in [0.15, 0.2) is 103 Å². The molecular formula is C67H78ClN13O17. The molecule has 2 aliphatic heterocycles. The number of hydrogen-bond donors (Lipinski definition) is 10. The lowest BCUT2D eigenvalue weighted by Crippen LogP contribution is -2.54. The summed E-state index contributed by atoms with van der Waals surface area (Å²) in [5.74, 6) is -4.63. The monoisotopic (exact) mass is 1370 g/mol. The molecule has 30 nitrogen and oxygen atoms in total. The molecule has 11 amide bonds. The number of aromatic nitrogens is 2. The van der Waals surface area contributed by atoms with Crippen LogP contribution in [0.4, 0.5) is 36.4 Å². The Morgan fingerprint density at radius 2 is 1.56 bits per heavy atom. The van der Waals surface area contributed by atoms with Gasteiger partial charge in [-0.25, -0.2) is 24.2 Å². The summed E-state index contributed by atoms with van der Waals surface area (Å²) >= 11 is 6.66. The molecule has 0 radical (unpaired) electrons. The number of alkyl carbamates (subject to hydrolysis) is 1. The molecule has 6 aromatic rings.